The van der Waals surface area contributed by atoms with Gasteiger partial charge in [-0.25, -0.2) is 14.6 Å². The molecule has 2 aliphatic rings. The van der Waals surface area contributed by atoms with E-state index in [0.717, 1.165) is 73.0 Å². The van der Waals surface area contributed by atoms with Crippen LogP contribution < -0.4 is 10.1 Å². The zero-order valence-corrected chi connectivity index (χ0v) is 18.1. The van der Waals surface area contributed by atoms with Crippen molar-refractivity contribution in [3.05, 3.63) is 18.2 Å². The second-order valence-electron chi connectivity index (χ2n) is 9.36. The minimum atomic E-state index is 0.202. The number of ether oxygens (including phenoxy) is 1. The van der Waals surface area contributed by atoms with Crippen LogP contribution in [0.3, 0.4) is 0 Å². The van der Waals surface area contributed by atoms with Gasteiger partial charge in [-0.1, -0.05) is 0 Å². The zero-order valence-electron chi connectivity index (χ0n) is 18.1. The van der Waals surface area contributed by atoms with Crippen molar-refractivity contribution in [3.8, 4) is 5.88 Å². The van der Waals surface area contributed by atoms with Gasteiger partial charge < -0.3 is 10.1 Å². The molecule has 1 saturated heterocycles. The number of piperidine rings is 1. The molecular formula is C21H30N8O. The normalized spacial score (nSPS) is 18.8. The summed E-state index contributed by atoms with van der Waals surface area (Å²) in [5.74, 6) is 2.80. The quantitative estimate of drug-likeness (QED) is 0.663. The summed E-state index contributed by atoms with van der Waals surface area (Å²) >= 11 is 0. The molecule has 3 aromatic heterocycles. The van der Waals surface area contributed by atoms with Gasteiger partial charge in [0.1, 0.15) is 22.5 Å². The Hall–Kier alpha value is -2.68. The van der Waals surface area contributed by atoms with E-state index in [2.05, 4.69) is 51.3 Å². The van der Waals surface area contributed by atoms with Gasteiger partial charge in [0.2, 0.25) is 5.88 Å². The number of aromatic amines is 1. The van der Waals surface area contributed by atoms with Gasteiger partial charge in [0.25, 0.3) is 0 Å². The van der Waals surface area contributed by atoms with Crippen LogP contribution >= 0.6 is 0 Å². The summed E-state index contributed by atoms with van der Waals surface area (Å²) in [5, 5.41) is 15.3. The monoisotopic (exact) mass is 410 g/mol. The first-order valence-corrected chi connectivity index (χ1v) is 10.8. The van der Waals surface area contributed by atoms with Gasteiger partial charge in [0.05, 0.1) is 25.5 Å². The summed E-state index contributed by atoms with van der Waals surface area (Å²) in [6.07, 6.45) is 7.99. The van der Waals surface area contributed by atoms with Crippen molar-refractivity contribution in [2.75, 3.05) is 25.5 Å². The Morgan fingerprint density at radius 3 is 2.53 bits per heavy atom. The number of nitrogens with one attached hydrogen (secondary N) is 2. The lowest BCUT2D eigenvalue weighted by Crippen LogP contribution is -2.46. The Morgan fingerprint density at radius 1 is 1.10 bits per heavy atom. The summed E-state index contributed by atoms with van der Waals surface area (Å²) in [4.78, 5) is 12.0. The molecule has 1 aliphatic heterocycles. The second-order valence-corrected chi connectivity index (χ2v) is 9.36. The van der Waals surface area contributed by atoms with Crippen LogP contribution in [0.25, 0.3) is 11.0 Å². The molecule has 2 N–H and O–H groups in total. The lowest BCUT2D eigenvalue weighted by atomic mass is 9.98. The van der Waals surface area contributed by atoms with E-state index in [-0.39, 0.29) is 5.54 Å². The molecule has 0 atom stereocenters. The molecule has 0 aromatic carbocycles. The highest BCUT2D eigenvalue weighted by atomic mass is 16.5. The number of likely N-dealkylation sites (tertiary alicyclic amines) is 1. The topological polar surface area (TPSA) is 96.8 Å². The van der Waals surface area contributed by atoms with E-state index in [0.29, 0.717) is 12.0 Å². The van der Waals surface area contributed by atoms with Gasteiger partial charge in [-0.05, 0) is 46.5 Å². The van der Waals surface area contributed by atoms with E-state index in [1.165, 1.54) is 0 Å². The van der Waals surface area contributed by atoms with Gasteiger partial charge >= 0.3 is 0 Å². The van der Waals surface area contributed by atoms with E-state index >= 15 is 0 Å². The molecule has 3 aromatic rings. The summed E-state index contributed by atoms with van der Waals surface area (Å²) < 4.78 is 7.80. The molecule has 0 amide bonds. The molecule has 0 bridgehead atoms. The molecule has 2 fully saturated rings. The smallest absolute Gasteiger partial charge is 0.236 e. The number of hydrogen-bond acceptors (Lipinski definition) is 7. The average molecular weight is 411 g/mol. The van der Waals surface area contributed by atoms with Crippen LogP contribution in [-0.2, 0) is 0 Å². The molecular weight excluding hydrogens is 380 g/mol. The van der Waals surface area contributed by atoms with Crippen LogP contribution in [0.4, 0.5) is 11.5 Å². The number of hydrogen-bond donors (Lipinski definition) is 2. The van der Waals surface area contributed by atoms with Gasteiger partial charge in [-0.15, -0.1) is 0 Å². The highest BCUT2D eigenvalue weighted by Crippen LogP contribution is 2.40. The molecule has 0 radical (unpaired) electrons. The number of H-pyrrole nitrogens is 1. The average Bonchev–Trinajstić information content (AvgIpc) is 3.33. The first kappa shape index (κ1) is 19.3. The lowest BCUT2D eigenvalue weighted by Gasteiger charge is -2.41. The van der Waals surface area contributed by atoms with E-state index in [1.807, 2.05) is 10.9 Å². The largest absolute Gasteiger partial charge is 0.480 e. The molecule has 0 unspecified atom stereocenters. The highest BCUT2D eigenvalue weighted by Gasteiger charge is 2.31. The molecule has 1 saturated carbocycles. The predicted octanol–water partition coefficient (Wildman–Crippen LogP) is 3.61. The fourth-order valence-corrected chi connectivity index (χ4v) is 4.28. The summed E-state index contributed by atoms with van der Waals surface area (Å²) in [6, 6.07) is 0.327. The van der Waals surface area contributed by atoms with Crippen molar-refractivity contribution in [3.63, 3.8) is 0 Å². The highest BCUT2D eigenvalue weighted by molar-refractivity contribution is 5.87. The van der Waals surface area contributed by atoms with Gasteiger partial charge in [-0.2, -0.15) is 10.2 Å². The first-order chi connectivity index (χ1) is 14.4. The summed E-state index contributed by atoms with van der Waals surface area (Å²) in [5.41, 5.74) is 2.64. The summed E-state index contributed by atoms with van der Waals surface area (Å²) in [6.45, 7) is 8.95. The maximum atomic E-state index is 5.77. The third kappa shape index (κ3) is 3.51. The van der Waals surface area contributed by atoms with Gasteiger partial charge in [0, 0.05) is 24.5 Å². The van der Waals surface area contributed by atoms with E-state index < -0.39 is 0 Å². The molecule has 4 heterocycles. The first-order valence-electron chi connectivity index (χ1n) is 10.8. The molecule has 1 aliphatic carbocycles. The second kappa shape index (κ2) is 7.23. The standard InChI is InChI=1S/C21H30N8O/c1-21(2,3)28-9-7-14(8-10-28)29-20(30-4)16(12-23-29)25-19-17-15(11-22-27-17)24-18(26-19)13-5-6-13/h11-14H,5-10H2,1-4H3,(H,22,27)(H,24,25,26). The van der Waals surface area contributed by atoms with Crippen molar-refractivity contribution in [1.29, 1.82) is 0 Å². The van der Waals surface area contributed by atoms with Crippen molar-refractivity contribution in [2.45, 2.75) is 64.0 Å². The van der Waals surface area contributed by atoms with Crippen LogP contribution in [0, 0.1) is 0 Å². The van der Waals surface area contributed by atoms with Crippen molar-refractivity contribution in [2.24, 2.45) is 0 Å². The molecule has 9 nitrogen and oxygen atoms in total. The number of anilines is 2. The van der Waals surface area contributed by atoms with E-state index in [4.69, 9.17) is 9.72 Å². The molecule has 9 heteroatoms. The Bertz CT molecular complexity index is 1040. The van der Waals surface area contributed by atoms with Crippen LogP contribution in [-0.4, -0.2) is 60.6 Å². The van der Waals surface area contributed by atoms with Crippen molar-refractivity contribution < 1.29 is 4.74 Å². The molecule has 0 spiro atoms. The van der Waals surface area contributed by atoms with Crippen LogP contribution in [0.2, 0.25) is 0 Å². The Kier molecular flexibility index (Phi) is 4.65. The number of methoxy groups -OCH3 is 1. The fraction of sp³-hybridized carbons (Fsp3) is 0.619. The van der Waals surface area contributed by atoms with Crippen LogP contribution in [0.5, 0.6) is 5.88 Å². The maximum absolute atomic E-state index is 5.77. The van der Waals surface area contributed by atoms with Crippen molar-refractivity contribution in [1.82, 2.24) is 34.8 Å². The number of fused-ring (bicyclic) bond motifs is 1. The minimum absolute atomic E-state index is 0.202. The summed E-state index contributed by atoms with van der Waals surface area (Å²) in [7, 11) is 1.70. The third-order valence-electron chi connectivity index (χ3n) is 6.22. The van der Waals surface area contributed by atoms with Gasteiger partial charge in [-0.3, -0.25) is 10.00 Å². The Balaban J connectivity index is 1.40. The zero-order chi connectivity index (χ0) is 20.9. The van der Waals surface area contributed by atoms with Crippen LogP contribution in [0.15, 0.2) is 12.4 Å². The lowest BCUT2D eigenvalue weighted by molar-refractivity contribution is 0.0848. The predicted molar refractivity (Wildman–Crippen MR) is 115 cm³/mol. The van der Waals surface area contributed by atoms with Crippen LogP contribution in [0.1, 0.15) is 64.2 Å². The minimum Gasteiger partial charge on any atom is -0.480 e. The van der Waals surface area contributed by atoms with E-state index in [9.17, 15) is 0 Å². The molecule has 30 heavy (non-hydrogen) atoms. The fourth-order valence-electron chi connectivity index (χ4n) is 4.28. The Morgan fingerprint density at radius 2 is 1.87 bits per heavy atom. The number of rotatable bonds is 5. The molecule has 160 valence electrons. The van der Waals surface area contributed by atoms with Crippen molar-refractivity contribution >= 4 is 22.5 Å². The molecule has 5 rings (SSSR count). The SMILES string of the molecule is COc1c(Nc2nc(C3CC3)nc3cn[nH]c23)cnn1C1CCN(C(C)(C)C)CC1. The third-order valence-corrected chi connectivity index (χ3v) is 6.22. The number of nitrogens with zero attached hydrogens (tertiary/aromatic N) is 6. The van der Waals surface area contributed by atoms with E-state index in [1.54, 1.807) is 13.3 Å². The number of aromatic nitrogens is 6. The van der Waals surface area contributed by atoms with Gasteiger partial charge in [0.15, 0.2) is 5.82 Å². The Labute approximate surface area is 176 Å². The maximum Gasteiger partial charge on any atom is 0.236 e.